The van der Waals surface area contributed by atoms with Crippen molar-refractivity contribution < 1.29 is 14.3 Å². The Morgan fingerprint density at radius 1 is 1.10 bits per heavy atom. The van der Waals surface area contributed by atoms with Crippen molar-refractivity contribution >= 4 is 29.1 Å². The highest BCUT2D eigenvalue weighted by Crippen LogP contribution is 2.46. The molecule has 4 rings (SSSR count). The number of hydrogen-bond acceptors (Lipinski definition) is 3. The van der Waals surface area contributed by atoms with Gasteiger partial charge in [-0.2, -0.15) is 0 Å². The van der Waals surface area contributed by atoms with E-state index in [0.29, 0.717) is 10.7 Å². The molecule has 4 nitrogen and oxygen atoms in total. The molecule has 3 aliphatic rings. The molecule has 4 atom stereocenters. The zero-order valence-corrected chi connectivity index (χ0v) is 11.5. The van der Waals surface area contributed by atoms with E-state index in [1.807, 2.05) is 25.1 Å². The summed E-state index contributed by atoms with van der Waals surface area (Å²) in [5.41, 5.74) is 1.44. The van der Waals surface area contributed by atoms with Gasteiger partial charge in [-0.15, -0.1) is 0 Å². The van der Waals surface area contributed by atoms with Gasteiger partial charge in [0.05, 0.1) is 29.7 Å². The number of imide groups is 1. The fourth-order valence-electron chi connectivity index (χ4n) is 3.36. The molecule has 3 aliphatic heterocycles. The summed E-state index contributed by atoms with van der Waals surface area (Å²) in [6, 6.07) is 5.24. The minimum absolute atomic E-state index is 0.179. The second-order valence-electron chi connectivity index (χ2n) is 5.44. The van der Waals surface area contributed by atoms with Crippen molar-refractivity contribution in [3.8, 4) is 0 Å². The molecule has 2 bridgehead atoms. The smallest absolute Gasteiger partial charge is 0.240 e. The van der Waals surface area contributed by atoms with Crippen LogP contribution in [0.2, 0.25) is 5.02 Å². The highest BCUT2D eigenvalue weighted by Gasteiger charge is 2.61. The maximum Gasteiger partial charge on any atom is 0.240 e. The molecule has 0 spiro atoms. The monoisotopic (exact) mass is 289 g/mol. The molecule has 102 valence electrons. The minimum Gasteiger partial charge on any atom is -0.365 e. The number of anilines is 1. The van der Waals surface area contributed by atoms with Crippen molar-refractivity contribution in [1.29, 1.82) is 0 Å². The molecule has 1 aromatic rings. The second-order valence-corrected chi connectivity index (χ2v) is 5.88. The molecule has 0 saturated carbocycles. The van der Waals surface area contributed by atoms with Gasteiger partial charge in [-0.1, -0.05) is 29.8 Å². The van der Waals surface area contributed by atoms with E-state index < -0.39 is 0 Å². The Morgan fingerprint density at radius 2 is 1.70 bits per heavy atom. The topological polar surface area (TPSA) is 46.6 Å². The number of halogens is 1. The number of rotatable bonds is 1. The average molecular weight is 290 g/mol. The summed E-state index contributed by atoms with van der Waals surface area (Å²) in [5.74, 6) is -1.11. The summed E-state index contributed by atoms with van der Waals surface area (Å²) in [6.07, 6.45) is 3.24. The van der Waals surface area contributed by atoms with Gasteiger partial charge in [0.1, 0.15) is 0 Å². The summed E-state index contributed by atoms with van der Waals surface area (Å²) in [6.45, 7) is 1.86. The molecule has 2 fully saturated rings. The van der Waals surface area contributed by atoms with Gasteiger partial charge in [-0.05, 0) is 24.6 Å². The number of carbonyl (C=O) groups is 2. The van der Waals surface area contributed by atoms with E-state index >= 15 is 0 Å². The van der Waals surface area contributed by atoms with Crippen molar-refractivity contribution in [3.63, 3.8) is 0 Å². The first-order chi connectivity index (χ1) is 9.58. The van der Waals surface area contributed by atoms with Gasteiger partial charge in [0, 0.05) is 5.02 Å². The van der Waals surface area contributed by atoms with Gasteiger partial charge in [0.25, 0.3) is 0 Å². The van der Waals surface area contributed by atoms with Crippen LogP contribution < -0.4 is 4.90 Å². The van der Waals surface area contributed by atoms with Crippen LogP contribution in [-0.2, 0) is 14.3 Å². The van der Waals surface area contributed by atoms with E-state index in [-0.39, 0.29) is 35.9 Å². The third-order valence-corrected chi connectivity index (χ3v) is 4.56. The second kappa shape index (κ2) is 3.93. The van der Waals surface area contributed by atoms with Crippen molar-refractivity contribution in [2.45, 2.75) is 19.1 Å². The lowest BCUT2D eigenvalue weighted by molar-refractivity contribution is -0.124. The molecule has 5 heteroatoms. The summed E-state index contributed by atoms with van der Waals surface area (Å²) < 4.78 is 5.61. The van der Waals surface area contributed by atoms with Crippen molar-refractivity contribution in [1.82, 2.24) is 0 Å². The molecule has 0 radical (unpaired) electrons. The largest absolute Gasteiger partial charge is 0.365 e. The normalized spacial score (nSPS) is 34.2. The summed E-state index contributed by atoms with van der Waals surface area (Å²) in [5, 5.41) is 0.514. The minimum atomic E-state index is -0.379. The maximum atomic E-state index is 12.6. The molecule has 3 heterocycles. The number of benzene rings is 1. The highest BCUT2D eigenvalue weighted by molar-refractivity contribution is 6.31. The van der Waals surface area contributed by atoms with Gasteiger partial charge >= 0.3 is 0 Å². The van der Waals surface area contributed by atoms with Crippen LogP contribution >= 0.6 is 11.6 Å². The molecule has 0 aliphatic carbocycles. The first kappa shape index (κ1) is 12.1. The lowest BCUT2D eigenvalue weighted by Gasteiger charge is -2.19. The Bertz CT molecular complexity index is 639. The molecule has 2 saturated heterocycles. The molecular weight excluding hydrogens is 278 g/mol. The van der Waals surface area contributed by atoms with Crippen LogP contribution in [0.15, 0.2) is 30.4 Å². The number of ether oxygens (including phenoxy) is 1. The van der Waals surface area contributed by atoms with E-state index in [2.05, 4.69) is 0 Å². The predicted octanol–water partition coefficient (Wildman–Crippen LogP) is 2.09. The molecule has 0 unspecified atom stereocenters. The van der Waals surface area contributed by atoms with E-state index in [1.54, 1.807) is 12.1 Å². The van der Waals surface area contributed by atoms with Crippen LogP contribution in [-0.4, -0.2) is 24.0 Å². The van der Waals surface area contributed by atoms with E-state index in [1.165, 1.54) is 4.90 Å². The lowest BCUT2D eigenvalue weighted by atomic mass is 9.85. The summed E-state index contributed by atoms with van der Waals surface area (Å²) >= 11 is 5.99. The molecule has 20 heavy (non-hydrogen) atoms. The molecule has 0 aromatic heterocycles. The number of carbonyl (C=O) groups excluding carboxylic acids is 2. The number of fused-ring (bicyclic) bond motifs is 5. The standard InChI is InChI=1S/C15H12ClNO3/c1-7-2-3-8(16)6-9(7)17-14(18)12-10-4-5-11(20-10)13(12)15(17)19/h2-6,10-13H,1H3/t10-,11-,12-,13+/m0/s1. The van der Waals surface area contributed by atoms with Crippen LogP contribution in [0.4, 0.5) is 5.69 Å². The highest BCUT2D eigenvalue weighted by atomic mass is 35.5. The molecular formula is C15H12ClNO3. The predicted molar refractivity (Wildman–Crippen MR) is 73.5 cm³/mol. The van der Waals surface area contributed by atoms with Gasteiger partial charge in [-0.3, -0.25) is 9.59 Å². The third-order valence-electron chi connectivity index (χ3n) is 4.32. The fourth-order valence-corrected chi connectivity index (χ4v) is 3.53. The zero-order chi connectivity index (χ0) is 14.0. The average Bonchev–Trinajstić information content (AvgIpc) is 3.08. The molecule has 0 N–H and O–H groups in total. The van der Waals surface area contributed by atoms with Crippen LogP contribution in [0.3, 0.4) is 0 Å². The first-order valence-electron chi connectivity index (χ1n) is 6.55. The van der Waals surface area contributed by atoms with Gasteiger partial charge in [0.2, 0.25) is 11.8 Å². The third kappa shape index (κ3) is 1.41. The van der Waals surface area contributed by atoms with Crippen molar-refractivity contribution in [2.75, 3.05) is 4.90 Å². The van der Waals surface area contributed by atoms with Crippen LogP contribution in [0.5, 0.6) is 0 Å². The summed E-state index contributed by atoms with van der Waals surface area (Å²) in [4.78, 5) is 26.5. The SMILES string of the molecule is Cc1ccc(Cl)cc1N1C(=O)[C@@H]2[C@H](C1=O)[C@@H]1C=C[C@@H]2O1. The lowest BCUT2D eigenvalue weighted by Crippen LogP contribution is -2.34. The Labute approximate surface area is 121 Å². The van der Waals surface area contributed by atoms with Crippen molar-refractivity contribution in [2.24, 2.45) is 11.8 Å². The number of amides is 2. The van der Waals surface area contributed by atoms with E-state index in [9.17, 15) is 9.59 Å². The Kier molecular flexibility index (Phi) is 2.38. The molecule has 1 aromatic carbocycles. The van der Waals surface area contributed by atoms with Gasteiger partial charge < -0.3 is 4.74 Å². The number of hydrogen-bond donors (Lipinski definition) is 0. The van der Waals surface area contributed by atoms with E-state index in [4.69, 9.17) is 16.3 Å². The first-order valence-corrected chi connectivity index (χ1v) is 6.93. The Balaban J connectivity index is 1.80. The fraction of sp³-hybridized carbons (Fsp3) is 0.333. The van der Waals surface area contributed by atoms with Crippen LogP contribution in [0, 0.1) is 18.8 Å². The summed E-state index contributed by atoms with van der Waals surface area (Å²) in [7, 11) is 0. The Hall–Kier alpha value is -1.65. The van der Waals surface area contributed by atoms with E-state index in [0.717, 1.165) is 5.56 Å². The molecule has 2 amide bonds. The number of aryl methyl sites for hydroxylation is 1. The maximum absolute atomic E-state index is 12.6. The van der Waals surface area contributed by atoms with Crippen LogP contribution in [0.25, 0.3) is 0 Å². The van der Waals surface area contributed by atoms with Gasteiger partial charge in [0.15, 0.2) is 0 Å². The Morgan fingerprint density at radius 3 is 2.30 bits per heavy atom. The van der Waals surface area contributed by atoms with Gasteiger partial charge in [-0.25, -0.2) is 4.90 Å². The van der Waals surface area contributed by atoms with Crippen LogP contribution in [0.1, 0.15) is 5.56 Å². The quantitative estimate of drug-likeness (QED) is 0.587. The van der Waals surface area contributed by atoms with Crippen molar-refractivity contribution in [3.05, 3.63) is 40.9 Å². The zero-order valence-electron chi connectivity index (χ0n) is 10.7. The number of nitrogens with zero attached hydrogens (tertiary/aromatic N) is 1.